The van der Waals surface area contributed by atoms with Crippen LogP contribution in [0.3, 0.4) is 0 Å². The Morgan fingerprint density at radius 1 is 1.23 bits per heavy atom. The highest BCUT2D eigenvalue weighted by molar-refractivity contribution is 5.78. The van der Waals surface area contributed by atoms with Crippen molar-refractivity contribution in [3.63, 3.8) is 0 Å². The van der Waals surface area contributed by atoms with Gasteiger partial charge < -0.3 is 9.64 Å². The lowest BCUT2D eigenvalue weighted by atomic mass is 9.85. The van der Waals surface area contributed by atoms with Gasteiger partial charge in [-0.1, -0.05) is 26.0 Å². The summed E-state index contributed by atoms with van der Waals surface area (Å²) in [5, 5.41) is 0. The number of halogens is 1. The number of hydrogen-bond acceptors (Lipinski definition) is 2. The zero-order chi connectivity index (χ0) is 16.3. The molecular formula is C18H26FNO2. The van der Waals surface area contributed by atoms with Crippen LogP contribution in [0.1, 0.15) is 45.6 Å². The maximum Gasteiger partial charge on any atom is 0.223 e. The number of morpholine rings is 1. The molecule has 3 unspecified atom stereocenters. The van der Waals surface area contributed by atoms with Crippen molar-refractivity contribution in [3.8, 4) is 0 Å². The van der Waals surface area contributed by atoms with Crippen molar-refractivity contribution in [2.45, 2.75) is 52.1 Å². The molecule has 22 heavy (non-hydrogen) atoms. The van der Waals surface area contributed by atoms with Gasteiger partial charge in [0.1, 0.15) is 5.82 Å². The lowest BCUT2D eigenvalue weighted by Gasteiger charge is -2.39. The molecule has 0 aliphatic carbocycles. The SMILES string of the molecule is CC(C)C(CC(=O)N1C(C)COCC1C)c1ccc(F)cc1. The van der Waals surface area contributed by atoms with Crippen LogP contribution in [0.15, 0.2) is 24.3 Å². The molecule has 0 N–H and O–H groups in total. The molecule has 1 aromatic rings. The molecule has 0 radical (unpaired) electrons. The second-order valence-corrected chi connectivity index (χ2v) is 6.64. The van der Waals surface area contributed by atoms with E-state index in [2.05, 4.69) is 13.8 Å². The molecule has 1 aliphatic rings. The number of hydrogen-bond donors (Lipinski definition) is 0. The van der Waals surface area contributed by atoms with Crippen LogP contribution in [0.25, 0.3) is 0 Å². The van der Waals surface area contributed by atoms with E-state index in [0.29, 0.717) is 25.6 Å². The van der Waals surface area contributed by atoms with Crippen molar-refractivity contribution in [2.24, 2.45) is 5.92 Å². The number of carbonyl (C=O) groups is 1. The highest BCUT2D eigenvalue weighted by Gasteiger charge is 2.31. The first-order valence-corrected chi connectivity index (χ1v) is 8.04. The standard InChI is InChI=1S/C18H26FNO2/c1-12(2)17(15-5-7-16(19)8-6-15)9-18(21)20-13(3)10-22-11-14(20)4/h5-8,12-14,17H,9-11H2,1-4H3. The molecule has 1 aliphatic heterocycles. The minimum Gasteiger partial charge on any atom is -0.377 e. The first-order chi connectivity index (χ1) is 10.4. The van der Waals surface area contributed by atoms with Crippen LogP contribution >= 0.6 is 0 Å². The summed E-state index contributed by atoms with van der Waals surface area (Å²) in [4.78, 5) is 14.7. The van der Waals surface area contributed by atoms with E-state index in [0.717, 1.165) is 5.56 Å². The first kappa shape index (κ1) is 16.9. The largest absolute Gasteiger partial charge is 0.377 e. The van der Waals surface area contributed by atoms with E-state index in [1.54, 1.807) is 12.1 Å². The molecule has 4 heteroatoms. The minimum absolute atomic E-state index is 0.107. The lowest BCUT2D eigenvalue weighted by molar-refractivity contribution is -0.144. The van der Waals surface area contributed by atoms with Gasteiger partial charge >= 0.3 is 0 Å². The third-order valence-corrected chi connectivity index (χ3v) is 4.45. The summed E-state index contributed by atoms with van der Waals surface area (Å²) < 4.78 is 18.6. The van der Waals surface area contributed by atoms with Crippen LogP contribution in [0.5, 0.6) is 0 Å². The molecule has 1 saturated heterocycles. The average Bonchev–Trinajstić information content (AvgIpc) is 2.45. The zero-order valence-electron chi connectivity index (χ0n) is 13.9. The minimum atomic E-state index is -0.243. The maximum atomic E-state index is 13.1. The summed E-state index contributed by atoms with van der Waals surface area (Å²) in [6.07, 6.45) is 0.456. The molecule has 0 saturated carbocycles. The summed E-state index contributed by atoms with van der Waals surface area (Å²) in [5.74, 6) is 0.343. The highest BCUT2D eigenvalue weighted by Crippen LogP contribution is 2.30. The molecular weight excluding hydrogens is 281 g/mol. The first-order valence-electron chi connectivity index (χ1n) is 8.04. The zero-order valence-corrected chi connectivity index (χ0v) is 13.9. The average molecular weight is 307 g/mol. The van der Waals surface area contributed by atoms with Gasteiger partial charge in [-0.25, -0.2) is 4.39 Å². The lowest BCUT2D eigenvalue weighted by Crippen LogP contribution is -2.52. The van der Waals surface area contributed by atoms with Gasteiger partial charge in [-0.05, 0) is 43.4 Å². The van der Waals surface area contributed by atoms with Crippen LogP contribution in [0, 0.1) is 11.7 Å². The van der Waals surface area contributed by atoms with Crippen LogP contribution < -0.4 is 0 Å². The third kappa shape index (κ3) is 3.86. The van der Waals surface area contributed by atoms with Crippen molar-refractivity contribution in [3.05, 3.63) is 35.6 Å². The van der Waals surface area contributed by atoms with Crippen LogP contribution in [0.2, 0.25) is 0 Å². The molecule has 0 spiro atoms. The molecule has 1 heterocycles. The number of amides is 1. The second-order valence-electron chi connectivity index (χ2n) is 6.64. The molecule has 0 bridgehead atoms. The molecule has 3 nitrogen and oxygen atoms in total. The summed E-state index contributed by atoms with van der Waals surface area (Å²) >= 11 is 0. The van der Waals surface area contributed by atoms with Gasteiger partial charge in [0.25, 0.3) is 0 Å². The maximum absolute atomic E-state index is 13.1. The van der Waals surface area contributed by atoms with E-state index < -0.39 is 0 Å². The third-order valence-electron chi connectivity index (χ3n) is 4.45. The monoisotopic (exact) mass is 307 g/mol. The van der Waals surface area contributed by atoms with Gasteiger partial charge in [-0.3, -0.25) is 4.79 Å². The molecule has 3 atom stereocenters. The molecule has 0 aromatic heterocycles. The van der Waals surface area contributed by atoms with Crippen LogP contribution in [-0.4, -0.2) is 36.1 Å². The van der Waals surface area contributed by atoms with Gasteiger partial charge in [0, 0.05) is 6.42 Å². The smallest absolute Gasteiger partial charge is 0.223 e. The Balaban J connectivity index is 2.13. The fourth-order valence-electron chi connectivity index (χ4n) is 3.24. The predicted octanol–water partition coefficient (Wildman–Crippen LogP) is 3.59. The summed E-state index contributed by atoms with van der Waals surface area (Å²) in [6.45, 7) is 9.45. The Bertz CT molecular complexity index is 490. The topological polar surface area (TPSA) is 29.5 Å². The van der Waals surface area contributed by atoms with Crippen molar-refractivity contribution in [1.82, 2.24) is 4.90 Å². The molecule has 2 rings (SSSR count). The molecule has 1 fully saturated rings. The number of benzene rings is 1. The van der Waals surface area contributed by atoms with E-state index in [-0.39, 0.29) is 29.7 Å². The van der Waals surface area contributed by atoms with E-state index in [9.17, 15) is 9.18 Å². The second kappa shape index (κ2) is 7.23. The van der Waals surface area contributed by atoms with E-state index in [1.165, 1.54) is 12.1 Å². The van der Waals surface area contributed by atoms with Crippen molar-refractivity contribution >= 4 is 5.91 Å². The molecule has 1 aromatic carbocycles. The van der Waals surface area contributed by atoms with Gasteiger partial charge in [0.15, 0.2) is 0 Å². The normalized spacial score (nSPS) is 23.6. The Morgan fingerprint density at radius 3 is 2.27 bits per heavy atom. The van der Waals surface area contributed by atoms with E-state index in [4.69, 9.17) is 4.74 Å². The Morgan fingerprint density at radius 2 is 1.77 bits per heavy atom. The van der Waals surface area contributed by atoms with Crippen LogP contribution in [-0.2, 0) is 9.53 Å². The summed E-state index contributed by atoms with van der Waals surface area (Å²) in [7, 11) is 0. The van der Waals surface area contributed by atoms with Crippen molar-refractivity contribution < 1.29 is 13.9 Å². The number of ether oxygens (including phenoxy) is 1. The van der Waals surface area contributed by atoms with Gasteiger partial charge in [-0.15, -0.1) is 0 Å². The Hall–Kier alpha value is -1.42. The van der Waals surface area contributed by atoms with Gasteiger partial charge in [-0.2, -0.15) is 0 Å². The fourth-order valence-corrected chi connectivity index (χ4v) is 3.24. The molecule has 122 valence electrons. The Labute approximate surface area is 132 Å². The summed E-state index contributed by atoms with van der Waals surface area (Å²) in [6, 6.07) is 6.73. The van der Waals surface area contributed by atoms with Crippen LogP contribution in [0.4, 0.5) is 4.39 Å². The Kier molecular flexibility index (Phi) is 5.57. The number of nitrogens with zero attached hydrogens (tertiary/aromatic N) is 1. The van der Waals surface area contributed by atoms with E-state index in [1.807, 2.05) is 18.7 Å². The highest BCUT2D eigenvalue weighted by atomic mass is 19.1. The number of carbonyl (C=O) groups excluding carboxylic acids is 1. The number of rotatable bonds is 4. The quantitative estimate of drug-likeness (QED) is 0.851. The van der Waals surface area contributed by atoms with Gasteiger partial charge in [0.05, 0.1) is 25.3 Å². The molecule has 1 amide bonds. The van der Waals surface area contributed by atoms with Gasteiger partial charge in [0.2, 0.25) is 5.91 Å². The van der Waals surface area contributed by atoms with Crippen molar-refractivity contribution in [2.75, 3.05) is 13.2 Å². The summed E-state index contributed by atoms with van der Waals surface area (Å²) in [5.41, 5.74) is 1.03. The van der Waals surface area contributed by atoms with Crippen molar-refractivity contribution in [1.29, 1.82) is 0 Å². The predicted molar refractivity (Wildman–Crippen MR) is 85.2 cm³/mol. The fraction of sp³-hybridized carbons (Fsp3) is 0.611. The van der Waals surface area contributed by atoms with E-state index >= 15 is 0 Å².